The van der Waals surface area contributed by atoms with Crippen molar-refractivity contribution in [3.05, 3.63) is 0 Å². The lowest BCUT2D eigenvalue weighted by molar-refractivity contribution is 0.170. The molecule has 0 aromatic carbocycles. The van der Waals surface area contributed by atoms with E-state index in [4.69, 9.17) is 18.9 Å². The molecule has 0 saturated heterocycles. The molecule has 4 aromatic heterocycles. The number of thiophene rings is 4. The fourth-order valence-electron chi connectivity index (χ4n) is 4.92. The maximum Gasteiger partial charge on any atom is 0.186 e. The smallest absolute Gasteiger partial charge is 0.186 e. The molecule has 0 radical (unpaired) electrons. The molecular weight excluding hydrogens is 697 g/mol. The van der Waals surface area contributed by atoms with Crippen LogP contribution < -0.4 is 18.9 Å². The summed E-state index contributed by atoms with van der Waals surface area (Å²) in [7, 11) is 0. The predicted octanol–water partition coefficient (Wildman–Crippen LogP) is 10.3. The van der Waals surface area contributed by atoms with E-state index in [1.54, 1.807) is 23.5 Å². The Hall–Kier alpha value is 0.1000. The van der Waals surface area contributed by atoms with Crippen LogP contribution in [0.4, 0.5) is 0 Å². The highest BCUT2D eigenvalue weighted by molar-refractivity contribution is 8.06. The maximum absolute atomic E-state index is 6.25. The van der Waals surface area contributed by atoms with E-state index < -0.39 is 0 Å². The van der Waals surface area contributed by atoms with Gasteiger partial charge in [0.05, 0.1) is 29.3 Å². The molecule has 0 fully saturated rings. The van der Waals surface area contributed by atoms with E-state index in [1.807, 2.05) is 92.4 Å². The van der Waals surface area contributed by atoms with Crippen LogP contribution in [0.15, 0.2) is 28.0 Å². The van der Waals surface area contributed by atoms with E-state index in [1.165, 1.54) is 57.3 Å². The first kappa shape index (κ1) is 27.6. The molecule has 0 amide bonds. The highest BCUT2D eigenvalue weighted by Crippen LogP contribution is 2.65. The zero-order valence-corrected chi connectivity index (χ0v) is 29.5. The molecule has 0 unspecified atom stereocenters. The molecule has 0 aliphatic carbocycles. The number of ether oxygens (including phenoxy) is 4. The summed E-state index contributed by atoms with van der Waals surface area (Å²) in [5.41, 5.74) is 0. The molecule has 0 N–H and O–H groups in total. The van der Waals surface area contributed by atoms with Gasteiger partial charge in [-0.15, -0.1) is 116 Å². The van der Waals surface area contributed by atoms with Crippen LogP contribution in [0.2, 0.25) is 0 Å². The van der Waals surface area contributed by atoms with Crippen LogP contribution in [0.3, 0.4) is 0 Å². The Morgan fingerprint density at radius 2 is 0.750 bits per heavy atom. The summed E-state index contributed by atoms with van der Waals surface area (Å²) in [5.74, 6) is 8.31. The number of fused-ring (bicyclic) bond motifs is 4. The van der Waals surface area contributed by atoms with Crippen molar-refractivity contribution in [3.8, 4) is 52.3 Å². The molecule has 0 spiro atoms. The van der Waals surface area contributed by atoms with Gasteiger partial charge in [0.1, 0.15) is 34.8 Å². The Bertz CT molecular complexity index is 1490. The summed E-state index contributed by atoms with van der Waals surface area (Å²) in [6.07, 6.45) is 4.26. The van der Waals surface area contributed by atoms with Gasteiger partial charge in [0, 0.05) is 42.6 Å². The molecule has 0 saturated carbocycles. The van der Waals surface area contributed by atoms with Crippen molar-refractivity contribution in [2.45, 2.75) is 28.0 Å². The molecule has 4 aromatic rings. The van der Waals surface area contributed by atoms with Gasteiger partial charge in [-0.3, -0.25) is 0 Å². The lowest BCUT2D eigenvalue weighted by Crippen LogP contribution is -2.14. The molecule has 0 atom stereocenters. The number of hydrogen-bond donors (Lipinski definition) is 0. The Balaban J connectivity index is 1.32. The second kappa shape index (κ2) is 11.6. The van der Waals surface area contributed by atoms with Gasteiger partial charge in [-0.25, -0.2) is 0 Å². The third kappa shape index (κ3) is 4.49. The van der Waals surface area contributed by atoms with Gasteiger partial charge in [-0.1, -0.05) is 0 Å². The molecule has 40 heavy (non-hydrogen) atoms. The predicted molar refractivity (Wildman–Crippen MR) is 183 cm³/mol. The summed E-state index contributed by atoms with van der Waals surface area (Å²) in [6.45, 7) is 2.45. The van der Waals surface area contributed by atoms with E-state index in [9.17, 15) is 0 Å². The lowest BCUT2D eigenvalue weighted by Gasteiger charge is -2.17. The average molecular weight is 719 g/mol. The zero-order valence-electron chi connectivity index (χ0n) is 21.4. The first-order valence-electron chi connectivity index (χ1n) is 12.6. The van der Waals surface area contributed by atoms with Gasteiger partial charge in [-0.05, 0) is 12.5 Å². The summed E-state index contributed by atoms with van der Waals surface area (Å²) in [6, 6.07) is 0. The summed E-state index contributed by atoms with van der Waals surface area (Å²) in [5, 5.41) is 0. The third-order valence-corrected chi connectivity index (χ3v) is 19.6. The molecule has 4 aliphatic rings. The third-order valence-electron chi connectivity index (χ3n) is 6.52. The van der Waals surface area contributed by atoms with Crippen LogP contribution in [-0.4, -0.2) is 62.0 Å². The maximum atomic E-state index is 6.25. The molecule has 14 heteroatoms. The summed E-state index contributed by atoms with van der Waals surface area (Å²) >= 11 is 19.1. The fourth-order valence-corrected chi connectivity index (χ4v) is 17.6. The van der Waals surface area contributed by atoms with Gasteiger partial charge in [0.2, 0.25) is 0 Å². The van der Waals surface area contributed by atoms with E-state index in [0.29, 0.717) is 26.4 Å². The van der Waals surface area contributed by atoms with Gasteiger partial charge >= 0.3 is 0 Å². The van der Waals surface area contributed by atoms with Crippen molar-refractivity contribution < 1.29 is 18.9 Å². The van der Waals surface area contributed by atoms with Crippen LogP contribution in [-0.2, 0) is 0 Å². The molecule has 8 heterocycles. The minimum absolute atomic E-state index is 0.609. The minimum Gasteiger partial charge on any atom is -0.485 e. The second-order valence-electron chi connectivity index (χ2n) is 8.79. The molecule has 4 nitrogen and oxygen atoms in total. The number of rotatable bonds is 5. The standard InChI is InChI=1S/C26H22O4S10/c1-31-25-13-11(27-3-5-29-13)15(39-25)21-17-19(35-9-7-33-17)23(37-21)24-20-18(34-8-10-36-20)22(38-24)16-12-14(26(32-2)40-16)30-6-4-28-12/h3-10H2,1-2H3. The van der Waals surface area contributed by atoms with Crippen LogP contribution >= 0.6 is 116 Å². The first-order valence-corrected chi connectivity index (χ1v) is 22.2. The monoisotopic (exact) mass is 718 g/mol. The lowest BCUT2D eigenvalue weighted by atomic mass is 10.3. The quantitative estimate of drug-likeness (QED) is 0.186. The fraction of sp³-hybridized carbons (Fsp3) is 0.385. The normalized spacial score (nSPS) is 17.6. The summed E-state index contributed by atoms with van der Waals surface area (Å²) in [4.78, 5) is 13.7. The first-order chi connectivity index (χ1) is 19.8. The van der Waals surface area contributed by atoms with Crippen LogP contribution in [0.1, 0.15) is 0 Å². The van der Waals surface area contributed by atoms with E-state index in [2.05, 4.69) is 12.5 Å². The van der Waals surface area contributed by atoms with E-state index in [0.717, 1.165) is 46.0 Å². The largest absolute Gasteiger partial charge is 0.485 e. The Morgan fingerprint density at radius 3 is 1.10 bits per heavy atom. The average Bonchev–Trinajstić information content (AvgIpc) is 3.77. The van der Waals surface area contributed by atoms with Crippen molar-refractivity contribution in [2.24, 2.45) is 0 Å². The van der Waals surface area contributed by atoms with Gasteiger partial charge in [-0.2, -0.15) is 0 Å². The molecular formula is C26H22O4S10. The Kier molecular flexibility index (Phi) is 7.98. The molecule has 210 valence electrons. The van der Waals surface area contributed by atoms with Crippen molar-refractivity contribution >= 4 is 116 Å². The van der Waals surface area contributed by atoms with Crippen molar-refractivity contribution in [3.63, 3.8) is 0 Å². The van der Waals surface area contributed by atoms with Crippen LogP contribution in [0.5, 0.6) is 23.0 Å². The molecule has 4 aliphatic heterocycles. The van der Waals surface area contributed by atoms with Crippen molar-refractivity contribution in [1.29, 1.82) is 0 Å². The van der Waals surface area contributed by atoms with Gasteiger partial charge < -0.3 is 18.9 Å². The Labute approximate surface area is 274 Å². The van der Waals surface area contributed by atoms with E-state index >= 15 is 0 Å². The SMILES string of the molecule is CSc1sc(-c2sc(-c3sc(-c4sc(SC)c5c4OCCO5)c4c3SCCS4)c3c2SCCS3)c2c1OCCO2. The van der Waals surface area contributed by atoms with Gasteiger partial charge in [0.15, 0.2) is 23.0 Å². The topological polar surface area (TPSA) is 36.9 Å². The zero-order chi connectivity index (χ0) is 26.8. The summed E-state index contributed by atoms with van der Waals surface area (Å²) < 4.78 is 27.1. The highest BCUT2D eigenvalue weighted by Gasteiger charge is 2.36. The Morgan fingerprint density at radius 1 is 0.425 bits per heavy atom. The van der Waals surface area contributed by atoms with Gasteiger partial charge in [0.25, 0.3) is 0 Å². The van der Waals surface area contributed by atoms with Crippen LogP contribution in [0.25, 0.3) is 29.3 Å². The molecule has 8 rings (SSSR count). The van der Waals surface area contributed by atoms with Crippen molar-refractivity contribution in [1.82, 2.24) is 0 Å². The minimum atomic E-state index is 0.609. The van der Waals surface area contributed by atoms with Crippen molar-refractivity contribution in [2.75, 3.05) is 62.0 Å². The second-order valence-corrected chi connectivity index (χ2v) is 19.4. The van der Waals surface area contributed by atoms with Crippen LogP contribution in [0, 0.1) is 0 Å². The number of thioether (sulfide) groups is 6. The number of hydrogen-bond acceptors (Lipinski definition) is 14. The van der Waals surface area contributed by atoms with E-state index in [-0.39, 0.29) is 0 Å². The molecule has 0 bridgehead atoms. The highest BCUT2D eigenvalue weighted by atomic mass is 32.2.